The van der Waals surface area contributed by atoms with Crippen molar-refractivity contribution in [3.05, 3.63) is 86.7 Å². The van der Waals surface area contributed by atoms with Crippen LogP contribution in [0.5, 0.6) is 0 Å². The van der Waals surface area contributed by atoms with Crippen LogP contribution in [0.4, 0.5) is 11.6 Å². The standard InChI is InChI=1S/C23H16Cl2IN5O/c1-23(9-14-2-4-15(5-3-14)16-10-27-13-28-11-16)21(32)30(22-29-12-20(26)31(22)23)19-7-17(24)6-18(25)8-19/h2-8,10-13H,9H2,1H3. The van der Waals surface area contributed by atoms with Crippen LogP contribution in [0.25, 0.3) is 11.1 Å². The molecule has 0 fully saturated rings. The zero-order valence-corrected chi connectivity index (χ0v) is 20.5. The van der Waals surface area contributed by atoms with Crippen molar-refractivity contribution in [3.63, 3.8) is 0 Å². The maximum atomic E-state index is 13.8. The highest BCUT2D eigenvalue weighted by Gasteiger charge is 2.50. The molecule has 0 saturated carbocycles. The van der Waals surface area contributed by atoms with E-state index in [0.717, 1.165) is 20.4 Å². The number of fused-ring (bicyclic) bond motifs is 1. The minimum atomic E-state index is -0.853. The van der Waals surface area contributed by atoms with Crippen molar-refractivity contribution in [1.82, 2.24) is 19.5 Å². The van der Waals surface area contributed by atoms with Crippen LogP contribution >= 0.6 is 45.8 Å². The Kier molecular flexibility index (Phi) is 5.43. The largest absolute Gasteiger partial charge is 0.289 e. The van der Waals surface area contributed by atoms with Crippen molar-refractivity contribution in [3.8, 4) is 11.1 Å². The number of nitrogens with zero attached hydrogens (tertiary/aromatic N) is 5. The average molecular weight is 576 g/mol. The summed E-state index contributed by atoms with van der Waals surface area (Å²) in [6, 6.07) is 13.2. The molecule has 2 aromatic carbocycles. The lowest BCUT2D eigenvalue weighted by molar-refractivity contribution is -0.124. The van der Waals surface area contributed by atoms with Gasteiger partial charge >= 0.3 is 0 Å². The SMILES string of the molecule is CC1(Cc2ccc(-c3cncnc3)cc2)C(=O)N(c2cc(Cl)cc(Cl)c2)c2ncc(I)n21. The summed E-state index contributed by atoms with van der Waals surface area (Å²) in [6.07, 6.45) is 7.32. The number of amides is 1. The van der Waals surface area contributed by atoms with Crippen LogP contribution in [0.15, 0.2) is 67.4 Å². The number of aromatic nitrogens is 4. The Morgan fingerprint density at radius 1 is 0.969 bits per heavy atom. The van der Waals surface area contributed by atoms with Crippen LogP contribution in [0.1, 0.15) is 12.5 Å². The van der Waals surface area contributed by atoms with Gasteiger partial charge in [-0.05, 0) is 58.8 Å². The van der Waals surface area contributed by atoms with E-state index >= 15 is 0 Å². The molecule has 0 spiro atoms. The third kappa shape index (κ3) is 3.58. The molecule has 1 unspecified atom stereocenters. The third-order valence-corrected chi connectivity index (χ3v) is 6.76. The van der Waals surface area contributed by atoms with Crippen LogP contribution in [-0.2, 0) is 16.8 Å². The Bertz CT molecular complexity index is 1310. The van der Waals surface area contributed by atoms with Gasteiger partial charge in [-0.1, -0.05) is 47.5 Å². The van der Waals surface area contributed by atoms with Gasteiger partial charge in [-0.15, -0.1) is 0 Å². The highest BCUT2D eigenvalue weighted by molar-refractivity contribution is 14.1. The number of benzene rings is 2. The lowest BCUT2D eigenvalue weighted by atomic mass is 9.91. The number of imidazole rings is 1. The summed E-state index contributed by atoms with van der Waals surface area (Å²) in [6.45, 7) is 1.94. The summed E-state index contributed by atoms with van der Waals surface area (Å²) in [5, 5.41) is 0.921. The van der Waals surface area contributed by atoms with E-state index in [2.05, 4.69) is 37.5 Å². The van der Waals surface area contributed by atoms with Gasteiger partial charge in [-0.2, -0.15) is 0 Å². The molecule has 1 aliphatic rings. The molecular formula is C23H16Cl2IN5O. The van der Waals surface area contributed by atoms with E-state index in [1.54, 1.807) is 41.7 Å². The summed E-state index contributed by atoms with van der Waals surface area (Å²) in [4.78, 5) is 28.0. The van der Waals surface area contributed by atoms with E-state index in [-0.39, 0.29) is 5.91 Å². The number of rotatable bonds is 4. The summed E-state index contributed by atoms with van der Waals surface area (Å²) in [5.41, 5.74) is 2.74. The molecule has 2 aromatic heterocycles. The minimum absolute atomic E-state index is 0.0858. The predicted molar refractivity (Wildman–Crippen MR) is 133 cm³/mol. The van der Waals surface area contributed by atoms with Gasteiger partial charge in [0.05, 0.1) is 11.9 Å². The number of hydrogen-bond donors (Lipinski definition) is 0. The van der Waals surface area contributed by atoms with E-state index in [4.69, 9.17) is 23.2 Å². The summed E-state index contributed by atoms with van der Waals surface area (Å²) in [7, 11) is 0. The maximum Gasteiger partial charge on any atom is 0.260 e. The first-order valence-corrected chi connectivity index (χ1v) is 11.6. The summed E-state index contributed by atoms with van der Waals surface area (Å²) in [5.74, 6) is 0.468. The molecule has 1 amide bonds. The Morgan fingerprint density at radius 2 is 1.62 bits per heavy atom. The summed E-state index contributed by atoms with van der Waals surface area (Å²) < 4.78 is 2.85. The molecule has 0 aliphatic carbocycles. The molecular weight excluding hydrogens is 560 g/mol. The first-order valence-electron chi connectivity index (χ1n) is 9.75. The molecule has 0 radical (unpaired) electrons. The fraction of sp³-hybridized carbons (Fsp3) is 0.130. The Morgan fingerprint density at radius 3 is 2.28 bits per heavy atom. The second kappa shape index (κ2) is 8.13. The molecule has 160 valence electrons. The van der Waals surface area contributed by atoms with Gasteiger partial charge < -0.3 is 0 Å². The Balaban J connectivity index is 1.52. The Labute approximate surface area is 208 Å². The molecule has 0 N–H and O–H groups in total. The molecule has 0 saturated heterocycles. The van der Waals surface area contributed by atoms with Crippen LogP contribution in [-0.4, -0.2) is 25.4 Å². The molecule has 0 bridgehead atoms. The van der Waals surface area contributed by atoms with Crippen molar-refractivity contribution >= 4 is 63.3 Å². The van der Waals surface area contributed by atoms with Gasteiger partial charge in [0.25, 0.3) is 5.91 Å². The van der Waals surface area contributed by atoms with Crippen molar-refractivity contribution in [1.29, 1.82) is 0 Å². The molecule has 32 heavy (non-hydrogen) atoms. The number of carbonyl (C=O) groups is 1. The molecule has 3 heterocycles. The second-order valence-electron chi connectivity index (χ2n) is 7.76. The van der Waals surface area contributed by atoms with Crippen LogP contribution in [0, 0.1) is 3.70 Å². The molecule has 6 nitrogen and oxygen atoms in total. The highest BCUT2D eigenvalue weighted by Crippen LogP contribution is 2.43. The predicted octanol–water partition coefficient (Wildman–Crippen LogP) is 5.89. The fourth-order valence-electron chi connectivity index (χ4n) is 4.08. The van der Waals surface area contributed by atoms with Crippen molar-refractivity contribution in [2.24, 2.45) is 0 Å². The monoisotopic (exact) mass is 575 g/mol. The second-order valence-corrected chi connectivity index (χ2v) is 9.74. The fourth-order valence-corrected chi connectivity index (χ4v) is 5.48. The van der Waals surface area contributed by atoms with Crippen molar-refractivity contribution in [2.75, 3.05) is 4.90 Å². The first-order chi connectivity index (χ1) is 15.4. The molecule has 9 heteroatoms. The van der Waals surface area contributed by atoms with Gasteiger partial charge in [0.2, 0.25) is 5.95 Å². The lowest BCUT2D eigenvalue weighted by Crippen LogP contribution is -2.41. The van der Waals surface area contributed by atoms with Crippen LogP contribution in [0.2, 0.25) is 10.0 Å². The normalized spacial score (nSPS) is 17.6. The van der Waals surface area contributed by atoms with Crippen molar-refractivity contribution < 1.29 is 4.79 Å². The van der Waals surface area contributed by atoms with Crippen LogP contribution in [0.3, 0.4) is 0 Å². The smallest absolute Gasteiger partial charge is 0.260 e. The Hall–Kier alpha value is -2.49. The molecule has 1 aliphatic heterocycles. The number of carbonyl (C=O) groups excluding carboxylic acids is 1. The molecule has 1 atom stereocenters. The molecule has 5 rings (SSSR count). The zero-order chi connectivity index (χ0) is 22.5. The van der Waals surface area contributed by atoms with Crippen molar-refractivity contribution in [2.45, 2.75) is 18.9 Å². The van der Waals surface area contributed by atoms with E-state index in [1.807, 2.05) is 35.8 Å². The average Bonchev–Trinajstić information content (AvgIpc) is 3.25. The van der Waals surface area contributed by atoms with Gasteiger partial charge in [0.15, 0.2) is 0 Å². The topological polar surface area (TPSA) is 63.9 Å². The maximum absolute atomic E-state index is 13.8. The first kappa shape index (κ1) is 21.4. The van der Waals surface area contributed by atoms with E-state index in [9.17, 15) is 4.79 Å². The quantitative estimate of drug-likeness (QED) is 0.285. The summed E-state index contributed by atoms with van der Waals surface area (Å²) >= 11 is 14.6. The van der Waals surface area contributed by atoms with E-state index in [1.165, 1.54) is 6.33 Å². The highest BCUT2D eigenvalue weighted by atomic mass is 127. The third-order valence-electron chi connectivity index (χ3n) is 5.56. The molecule has 4 aromatic rings. The lowest BCUT2D eigenvalue weighted by Gasteiger charge is -2.26. The van der Waals surface area contributed by atoms with Gasteiger partial charge in [0.1, 0.15) is 15.6 Å². The van der Waals surface area contributed by atoms with Gasteiger partial charge in [-0.3, -0.25) is 9.36 Å². The number of halogens is 3. The van der Waals surface area contributed by atoms with Gasteiger partial charge in [-0.25, -0.2) is 19.9 Å². The minimum Gasteiger partial charge on any atom is -0.289 e. The van der Waals surface area contributed by atoms with E-state index < -0.39 is 5.54 Å². The van der Waals surface area contributed by atoms with Crippen LogP contribution < -0.4 is 4.90 Å². The van der Waals surface area contributed by atoms with Gasteiger partial charge in [0, 0.05) is 34.4 Å². The zero-order valence-electron chi connectivity index (χ0n) is 16.8. The number of anilines is 2. The van der Waals surface area contributed by atoms with E-state index in [0.29, 0.717) is 28.1 Å². The number of hydrogen-bond acceptors (Lipinski definition) is 4.